The Morgan fingerprint density at radius 1 is 1.03 bits per heavy atom. The highest BCUT2D eigenvalue weighted by Crippen LogP contribution is 2.33. The molecule has 0 spiro atoms. The Balaban J connectivity index is 1.42. The van der Waals surface area contributed by atoms with Gasteiger partial charge < -0.3 is 9.80 Å². The molecule has 0 saturated carbocycles. The summed E-state index contributed by atoms with van der Waals surface area (Å²) in [4.78, 5) is 21.6. The molecule has 1 aliphatic heterocycles. The minimum absolute atomic E-state index is 0.141. The second-order valence-corrected chi connectivity index (χ2v) is 10.6. The number of hydrogen-bond acceptors (Lipinski definition) is 6. The van der Waals surface area contributed by atoms with Crippen LogP contribution in [0.2, 0.25) is 0 Å². The molecule has 2 aromatic carbocycles. The summed E-state index contributed by atoms with van der Waals surface area (Å²) in [5.41, 5.74) is 2.85. The second kappa shape index (κ2) is 8.35. The maximum Gasteiger partial charge on any atom is 0.227 e. The van der Waals surface area contributed by atoms with Crippen LogP contribution in [0.5, 0.6) is 0 Å². The summed E-state index contributed by atoms with van der Waals surface area (Å²) in [7, 11) is -3.33. The number of carbonyl (C=O) groups is 1. The van der Waals surface area contributed by atoms with E-state index in [-0.39, 0.29) is 10.8 Å². The highest BCUT2D eigenvalue weighted by molar-refractivity contribution is 7.91. The number of sulfone groups is 1. The molecular formula is C22H25N3O3S2. The summed E-state index contributed by atoms with van der Waals surface area (Å²) in [6, 6.07) is 13.5. The first-order valence-electron chi connectivity index (χ1n) is 10.1. The van der Waals surface area contributed by atoms with Crippen molar-refractivity contribution in [3.8, 4) is 0 Å². The van der Waals surface area contributed by atoms with E-state index in [0.29, 0.717) is 38.1 Å². The molecule has 0 bridgehead atoms. The van der Waals surface area contributed by atoms with Crippen LogP contribution in [0, 0.1) is 0 Å². The first-order valence-corrected chi connectivity index (χ1v) is 12.8. The lowest BCUT2D eigenvalue weighted by atomic mass is 10.1. The van der Waals surface area contributed by atoms with Gasteiger partial charge in [0.05, 0.1) is 16.0 Å². The van der Waals surface area contributed by atoms with Gasteiger partial charge in [-0.3, -0.25) is 4.79 Å². The van der Waals surface area contributed by atoms with E-state index >= 15 is 0 Å². The summed E-state index contributed by atoms with van der Waals surface area (Å²) < 4.78 is 24.9. The van der Waals surface area contributed by atoms with Gasteiger partial charge >= 0.3 is 0 Å². The third kappa shape index (κ3) is 4.34. The number of amides is 1. The molecule has 30 heavy (non-hydrogen) atoms. The molecule has 1 aliphatic rings. The van der Waals surface area contributed by atoms with Gasteiger partial charge in [-0.05, 0) is 29.7 Å². The molecule has 0 N–H and O–H groups in total. The summed E-state index contributed by atoms with van der Waals surface area (Å²) in [6.45, 7) is 4.78. The van der Waals surface area contributed by atoms with Crippen LogP contribution < -0.4 is 4.90 Å². The molecule has 3 aromatic rings. The molecule has 8 heteroatoms. The number of rotatable bonds is 5. The molecule has 0 radical (unpaired) electrons. The Morgan fingerprint density at radius 2 is 1.70 bits per heavy atom. The van der Waals surface area contributed by atoms with Crippen LogP contribution in [-0.4, -0.2) is 56.6 Å². The Kier molecular flexibility index (Phi) is 5.79. The zero-order valence-electron chi connectivity index (χ0n) is 17.2. The molecule has 158 valence electrons. The molecule has 0 atom stereocenters. The second-order valence-electron chi connectivity index (χ2n) is 7.59. The number of benzene rings is 2. The zero-order chi connectivity index (χ0) is 21.3. The molecule has 1 amide bonds. The Morgan fingerprint density at radius 3 is 2.33 bits per heavy atom. The highest BCUT2D eigenvalue weighted by atomic mass is 32.2. The van der Waals surface area contributed by atoms with Crippen LogP contribution in [0.15, 0.2) is 47.4 Å². The van der Waals surface area contributed by atoms with Crippen molar-refractivity contribution in [2.45, 2.75) is 24.7 Å². The van der Waals surface area contributed by atoms with Crippen molar-refractivity contribution >= 4 is 42.4 Å². The van der Waals surface area contributed by atoms with Crippen LogP contribution in [0.4, 0.5) is 5.13 Å². The van der Waals surface area contributed by atoms with Gasteiger partial charge in [-0.2, -0.15) is 0 Å². The topological polar surface area (TPSA) is 70.6 Å². The van der Waals surface area contributed by atoms with Crippen molar-refractivity contribution in [3.05, 3.63) is 53.6 Å². The number of anilines is 1. The monoisotopic (exact) mass is 443 g/mol. The molecule has 1 aromatic heterocycles. The minimum atomic E-state index is -3.33. The third-order valence-electron chi connectivity index (χ3n) is 5.46. The zero-order valence-corrected chi connectivity index (χ0v) is 18.8. The average molecular weight is 444 g/mol. The third-order valence-corrected chi connectivity index (χ3v) is 7.67. The van der Waals surface area contributed by atoms with Crippen molar-refractivity contribution in [1.82, 2.24) is 9.88 Å². The van der Waals surface area contributed by atoms with Crippen LogP contribution >= 0.6 is 11.3 Å². The quantitative estimate of drug-likeness (QED) is 0.606. The van der Waals surface area contributed by atoms with Gasteiger partial charge in [-0.1, -0.05) is 48.6 Å². The SMILES string of the molecule is CCc1ccc(CC(=O)N2CCN(c3nc4c(S(C)(=O)=O)cccc4s3)CC2)cc1. The number of aromatic nitrogens is 1. The van der Waals surface area contributed by atoms with Crippen LogP contribution in [-0.2, 0) is 27.5 Å². The normalized spacial score (nSPS) is 15.0. The molecule has 1 saturated heterocycles. The van der Waals surface area contributed by atoms with Gasteiger partial charge in [0.2, 0.25) is 5.91 Å². The molecule has 4 rings (SSSR count). The fraction of sp³-hybridized carbons (Fsp3) is 0.364. The highest BCUT2D eigenvalue weighted by Gasteiger charge is 2.24. The lowest BCUT2D eigenvalue weighted by Crippen LogP contribution is -2.49. The number of nitrogens with zero attached hydrogens (tertiary/aromatic N) is 3. The number of carbonyl (C=O) groups excluding carboxylic acids is 1. The summed E-state index contributed by atoms with van der Waals surface area (Å²) in [6.07, 6.45) is 2.62. The Hall–Kier alpha value is -2.45. The lowest BCUT2D eigenvalue weighted by Gasteiger charge is -2.34. The first kappa shape index (κ1) is 20.8. The van der Waals surface area contributed by atoms with Crippen LogP contribution in [0.1, 0.15) is 18.1 Å². The van der Waals surface area contributed by atoms with Gasteiger partial charge in [0.15, 0.2) is 15.0 Å². The number of piperazine rings is 1. The standard InChI is InChI=1S/C22H25N3O3S2/c1-3-16-7-9-17(10-8-16)15-20(26)24-11-13-25(14-12-24)22-23-21-18(29-22)5-4-6-19(21)30(2,27)28/h4-10H,3,11-15H2,1-2H3. The largest absolute Gasteiger partial charge is 0.345 e. The smallest absolute Gasteiger partial charge is 0.227 e. The number of para-hydroxylation sites is 1. The predicted octanol–water partition coefficient (Wildman–Crippen LogP) is 3.15. The van der Waals surface area contributed by atoms with E-state index in [4.69, 9.17) is 0 Å². The van der Waals surface area contributed by atoms with E-state index in [2.05, 4.69) is 28.9 Å². The Bertz CT molecular complexity index is 1160. The Labute approximate surface area is 181 Å². The summed E-state index contributed by atoms with van der Waals surface area (Å²) >= 11 is 1.50. The van der Waals surface area contributed by atoms with E-state index in [1.54, 1.807) is 12.1 Å². The van der Waals surface area contributed by atoms with Crippen molar-refractivity contribution in [1.29, 1.82) is 0 Å². The fourth-order valence-electron chi connectivity index (χ4n) is 3.67. The van der Waals surface area contributed by atoms with Gasteiger partial charge in [-0.25, -0.2) is 13.4 Å². The molecule has 2 heterocycles. The maximum absolute atomic E-state index is 12.7. The molecular weight excluding hydrogens is 418 g/mol. The van der Waals surface area contributed by atoms with Gasteiger partial charge in [0.1, 0.15) is 5.52 Å². The summed E-state index contributed by atoms with van der Waals surface area (Å²) in [5, 5.41) is 0.809. The van der Waals surface area contributed by atoms with Crippen LogP contribution in [0.3, 0.4) is 0 Å². The van der Waals surface area contributed by atoms with Crippen molar-refractivity contribution in [2.24, 2.45) is 0 Å². The number of thiazole rings is 1. The molecule has 1 fully saturated rings. The van der Waals surface area contributed by atoms with E-state index in [1.165, 1.54) is 23.2 Å². The lowest BCUT2D eigenvalue weighted by molar-refractivity contribution is -0.130. The maximum atomic E-state index is 12.7. The average Bonchev–Trinajstić information content (AvgIpc) is 3.18. The van der Waals surface area contributed by atoms with Crippen molar-refractivity contribution in [3.63, 3.8) is 0 Å². The summed E-state index contributed by atoms with van der Waals surface area (Å²) in [5.74, 6) is 0.141. The number of fused-ring (bicyclic) bond motifs is 1. The molecule has 6 nitrogen and oxygen atoms in total. The predicted molar refractivity (Wildman–Crippen MR) is 121 cm³/mol. The number of aryl methyl sites for hydroxylation is 1. The van der Waals surface area contributed by atoms with Gasteiger partial charge in [0, 0.05) is 32.4 Å². The van der Waals surface area contributed by atoms with E-state index in [9.17, 15) is 13.2 Å². The van der Waals surface area contributed by atoms with E-state index in [0.717, 1.165) is 21.8 Å². The minimum Gasteiger partial charge on any atom is -0.345 e. The van der Waals surface area contributed by atoms with E-state index in [1.807, 2.05) is 23.1 Å². The van der Waals surface area contributed by atoms with Crippen molar-refractivity contribution in [2.75, 3.05) is 37.3 Å². The van der Waals surface area contributed by atoms with Gasteiger partial charge in [0.25, 0.3) is 0 Å². The molecule has 0 unspecified atom stereocenters. The first-order chi connectivity index (χ1) is 14.3. The van der Waals surface area contributed by atoms with Crippen LogP contribution in [0.25, 0.3) is 10.2 Å². The number of hydrogen-bond donors (Lipinski definition) is 0. The van der Waals surface area contributed by atoms with Crippen molar-refractivity contribution < 1.29 is 13.2 Å². The van der Waals surface area contributed by atoms with Gasteiger partial charge in [-0.15, -0.1) is 0 Å². The molecule has 0 aliphatic carbocycles. The van der Waals surface area contributed by atoms with E-state index < -0.39 is 9.84 Å². The fourth-order valence-corrected chi connectivity index (χ4v) is 5.61.